The molecule has 2 aromatic carbocycles. The zero-order chi connectivity index (χ0) is 23.5. The lowest BCUT2D eigenvalue weighted by Gasteiger charge is -2.09. The topological polar surface area (TPSA) is 111 Å². The monoisotopic (exact) mass is 485 g/mol. The minimum absolute atomic E-state index is 0.0612. The van der Waals surface area contributed by atoms with Crippen LogP contribution in [-0.2, 0) is 4.79 Å². The van der Waals surface area contributed by atoms with Gasteiger partial charge >= 0.3 is 0 Å². The van der Waals surface area contributed by atoms with Gasteiger partial charge in [0, 0.05) is 16.3 Å². The zero-order valence-corrected chi connectivity index (χ0v) is 19.6. The van der Waals surface area contributed by atoms with Crippen molar-refractivity contribution in [3.8, 4) is 22.8 Å². The maximum absolute atomic E-state index is 12.5. The number of aromatic amines is 1. The minimum atomic E-state index is -0.391. The molecule has 0 aliphatic rings. The number of anilines is 1. The van der Waals surface area contributed by atoms with E-state index in [0.717, 1.165) is 22.9 Å². The fraction of sp³-hybridized carbons (Fsp3) is 0.182. The van der Waals surface area contributed by atoms with E-state index in [1.165, 1.54) is 4.52 Å². The van der Waals surface area contributed by atoms with Crippen molar-refractivity contribution in [2.75, 3.05) is 25.3 Å². The molecular formula is C22H20ClN5O4S. The second-order valence-corrected chi connectivity index (χ2v) is 8.33. The lowest BCUT2D eigenvalue weighted by atomic mass is 10.1. The summed E-state index contributed by atoms with van der Waals surface area (Å²) in [6.07, 6.45) is 0. The number of nitrogens with one attached hydrogen (secondary N) is 2. The van der Waals surface area contributed by atoms with Gasteiger partial charge in [-0.3, -0.25) is 9.59 Å². The Morgan fingerprint density at radius 2 is 1.97 bits per heavy atom. The first kappa shape index (κ1) is 22.7. The summed E-state index contributed by atoms with van der Waals surface area (Å²) in [5.41, 5.74) is 2.63. The molecule has 0 aliphatic carbocycles. The van der Waals surface area contributed by atoms with E-state index in [4.69, 9.17) is 21.1 Å². The third-order valence-corrected chi connectivity index (χ3v) is 6.27. The molecule has 2 aromatic heterocycles. The molecule has 0 unspecified atom stereocenters. The number of methoxy groups -OCH3 is 2. The molecule has 0 aliphatic heterocycles. The van der Waals surface area contributed by atoms with Gasteiger partial charge in [-0.1, -0.05) is 29.4 Å². The highest BCUT2D eigenvalue weighted by atomic mass is 35.5. The fourth-order valence-electron chi connectivity index (χ4n) is 3.18. The molecule has 170 valence electrons. The molecule has 1 amide bonds. The number of carbonyl (C=O) groups excluding carboxylic acids is 1. The van der Waals surface area contributed by atoms with Crippen LogP contribution in [0, 0.1) is 6.92 Å². The molecule has 9 nitrogen and oxygen atoms in total. The Morgan fingerprint density at radius 1 is 1.18 bits per heavy atom. The molecule has 2 heterocycles. The number of halogens is 1. The molecule has 0 atom stereocenters. The Balaban J connectivity index is 1.58. The summed E-state index contributed by atoms with van der Waals surface area (Å²) in [6, 6.07) is 12.3. The number of carbonyl (C=O) groups is 1. The number of rotatable bonds is 7. The highest BCUT2D eigenvalue weighted by Crippen LogP contribution is 2.32. The van der Waals surface area contributed by atoms with Crippen LogP contribution in [0.3, 0.4) is 0 Å². The molecule has 0 bridgehead atoms. The van der Waals surface area contributed by atoms with Crippen LogP contribution < -0.4 is 20.3 Å². The van der Waals surface area contributed by atoms with Gasteiger partial charge in [0.25, 0.3) is 5.56 Å². The standard InChI is InChI=1S/C22H20ClN5O4S/c1-12-14(23)5-4-6-15(12)24-20(29)11-33-22-26-25-21(30)17-10-16(27-28(17)22)13-7-8-18(31-2)19(9-13)32-3/h4-10H,11H2,1-3H3,(H,24,29)(H,25,30). The molecular weight excluding hydrogens is 466 g/mol. The van der Waals surface area contributed by atoms with E-state index < -0.39 is 5.56 Å². The van der Waals surface area contributed by atoms with Crippen molar-refractivity contribution in [1.82, 2.24) is 19.8 Å². The molecule has 11 heteroatoms. The molecule has 4 rings (SSSR count). The third kappa shape index (κ3) is 4.67. The number of nitrogens with zero attached hydrogens (tertiary/aromatic N) is 3. The minimum Gasteiger partial charge on any atom is -0.493 e. The number of ether oxygens (including phenoxy) is 2. The Kier molecular flexibility index (Phi) is 6.57. The normalized spacial score (nSPS) is 10.9. The van der Waals surface area contributed by atoms with Crippen LogP contribution >= 0.6 is 23.4 Å². The van der Waals surface area contributed by atoms with Gasteiger partial charge < -0.3 is 14.8 Å². The molecule has 0 radical (unpaired) electrons. The van der Waals surface area contributed by atoms with Gasteiger partial charge in [-0.25, -0.2) is 9.61 Å². The van der Waals surface area contributed by atoms with Crippen molar-refractivity contribution in [3.05, 3.63) is 63.4 Å². The average molecular weight is 486 g/mol. The molecule has 2 N–H and O–H groups in total. The van der Waals surface area contributed by atoms with E-state index in [0.29, 0.717) is 38.6 Å². The van der Waals surface area contributed by atoms with Crippen LogP contribution in [0.15, 0.2) is 52.4 Å². The van der Waals surface area contributed by atoms with E-state index in [2.05, 4.69) is 20.6 Å². The predicted octanol–water partition coefficient (Wildman–Crippen LogP) is 3.79. The Morgan fingerprint density at radius 3 is 2.73 bits per heavy atom. The first-order chi connectivity index (χ1) is 15.9. The number of H-pyrrole nitrogens is 1. The third-order valence-electron chi connectivity index (χ3n) is 4.93. The average Bonchev–Trinajstić information content (AvgIpc) is 3.28. The zero-order valence-electron chi connectivity index (χ0n) is 18.0. The largest absolute Gasteiger partial charge is 0.493 e. The van der Waals surface area contributed by atoms with Crippen LogP contribution in [0.2, 0.25) is 5.02 Å². The Bertz CT molecular complexity index is 1400. The smallest absolute Gasteiger partial charge is 0.290 e. The molecule has 0 fully saturated rings. The summed E-state index contributed by atoms with van der Waals surface area (Å²) < 4.78 is 12.0. The number of aromatic nitrogens is 4. The first-order valence-electron chi connectivity index (χ1n) is 9.80. The number of hydrogen-bond donors (Lipinski definition) is 2. The molecule has 0 spiro atoms. The summed E-state index contributed by atoms with van der Waals surface area (Å²) in [7, 11) is 3.10. The highest BCUT2D eigenvalue weighted by molar-refractivity contribution is 7.99. The molecule has 0 saturated heterocycles. The van der Waals surface area contributed by atoms with Crippen LogP contribution in [0.5, 0.6) is 11.5 Å². The van der Waals surface area contributed by atoms with Crippen molar-refractivity contribution < 1.29 is 14.3 Å². The quantitative estimate of drug-likeness (QED) is 0.383. The van der Waals surface area contributed by atoms with Gasteiger partial charge in [0.15, 0.2) is 11.5 Å². The molecule has 0 saturated carbocycles. The van der Waals surface area contributed by atoms with Crippen LogP contribution in [0.1, 0.15) is 5.56 Å². The fourth-order valence-corrected chi connectivity index (χ4v) is 4.06. The Hall–Kier alpha value is -3.50. The van der Waals surface area contributed by atoms with E-state index >= 15 is 0 Å². The van der Waals surface area contributed by atoms with E-state index in [-0.39, 0.29) is 11.7 Å². The van der Waals surface area contributed by atoms with Gasteiger partial charge in [-0.15, -0.1) is 5.10 Å². The molecule has 4 aromatic rings. The van der Waals surface area contributed by atoms with Crippen molar-refractivity contribution in [1.29, 1.82) is 0 Å². The summed E-state index contributed by atoms with van der Waals surface area (Å²) in [4.78, 5) is 24.8. The van der Waals surface area contributed by atoms with Crippen LogP contribution in [0.4, 0.5) is 5.69 Å². The second-order valence-electron chi connectivity index (χ2n) is 6.98. The predicted molar refractivity (Wildman–Crippen MR) is 128 cm³/mol. The SMILES string of the molecule is COc1ccc(-c2cc3c(=O)[nH]nc(SCC(=O)Nc4cccc(Cl)c4C)n3n2)cc1OC. The number of hydrogen-bond acceptors (Lipinski definition) is 7. The van der Waals surface area contributed by atoms with Gasteiger partial charge in [-0.2, -0.15) is 5.10 Å². The molecule has 33 heavy (non-hydrogen) atoms. The number of amides is 1. The van der Waals surface area contributed by atoms with Gasteiger partial charge in [0.1, 0.15) is 5.52 Å². The van der Waals surface area contributed by atoms with Crippen molar-refractivity contribution >= 4 is 40.5 Å². The maximum Gasteiger partial charge on any atom is 0.290 e. The van der Waals surface area contributed by atoms with Crippen molar-refractivity contribution in [3.63, 3.8) is 0 Å². The van der Waals surface area contributed by atoms with Gasteiger partial charge in [-0.05, 0) is 48.9 Å². The van der Waals surface area contributed by atoms with Crippen LogP contribution in [0.25, 0.3) is 16.8 Å². The van der Waals surface area contributed by atoms with Crippen LogP contribution in [-0.4, -0.2) is 45.7 Å². The second kappa shape index (κ2) is 9.55. The van der Waals surface area contributed by atoms with E-state index in [1.54, 1.807) is 50.6 Å². The number of thioether (sulfide) groups is 1. The van der Waals surface area contributed by atoms with E-state index in [1.807, 2.05) is 13.0 Å². The maximum atomic E-state index is 12.5. The summed E-state index contributed by atoms with van der Waals surface area (Å²) in [5.74, 6) is 0.952. The lowest BCUT2D eigenvalue weighted by Crippen LogP contribution is -2.17. The lowest BCUT2D eigenvalue weighted by molar-refractivity contribution is -0.113. The van der Waals surface area contributed by atoms with Crippen molar-refractivity contribution in [2.24, 2.45) is 0 Å². The summed E-state index contributed by atoms with van der Waals surface area (Å²) >= 11 is 7.26. The number of fused-ring (bicyclic) bond motifs is 1. The number of benzene rings is 2. The van der Waals surface area contributed by atoms with E-state index in [9.17, 15) is 9.59 Å². The highest BCUT2D eigenvalue weighted by Gasteiger charge is 2.16. The summed E-state index contributed by atoms with van der Waals surface area (Å²) in [6.45, 7) is 1.83. The summed E-state index contributed by atoms with van der Waals surface area (Å²) in [5, 5.41) is 14.8. The Labute approximate surface area is 198 Å². The van der Waals surface area contributed by atoms with Crippen molar-refractivity contribution in [2.45, 2.75) is 12.1 Å². The first-order valence-corrected chi connectivity index (χ1v) is 11.2. The van der Waals surface area contributed by atoms with Gasteiger partial charge in [0.05, 0.1) is 25.7 Å². The van der Waals surface area contributed by atoms with Gasteiger partial charge in [0.2, 0.25) is 11.1 Å².